The van der Waals surface area contributed by atoms with Gasteiger partial charge >= 0.3 is 0 Å². The summed E-state index contributed by atoms with van der Waals surface area (Å²) < 4.78 is 1.75. The summed E-state index contributed by atoms with van der Waals surface area (Å²) in [6.07, 6.45) is 4.08. The lowest BCUT2D eigenvalue weighted by atomic mass is 10.0. The number of carbonyl (C=O) groups is 1. The maximum Gasteiger partial charge on any atom is 0.264 e. The average molecular weight is 302 g/mol. The highest BCUT2D eigenvalue weighted by Crippen LogP contribution is 2.28. The summed E-state index contributed by atoms with van der Waals surface area (Å²) in [4.78, 5) is 17.4. The Morgan fingerprint density at radius 2 is 2.00 bits per heavy atom. The molecule has 0 radical (unpaired) electrons. The van der Waals surface area contributed by atoms with Crippen LogP contribution < -0.4 is 0 Å². The predicted molar refractivity (Wildman–Crippen MR) is 82.8 cm³/mol. The first-order chi connectivity index (χ1) is 10.3. The molecular weight excluding hydrogens is 284 g/mol. The molecule has 3 rings (SSSR count). The Morgan fingerprint density at radius 1 is 1.24 bits per heavy atom. The van der Waals surface area contributed by atoms with Gasteiger partial charge in [0.1, 0.15) is 0 Å². The number of benzene rings is 1. The molecule has 0 aliphatic heterocycles. The van der Waals surface area contributed by atoms with E-state index in [0.717, 1.165) is 37.1 Å². The molecule has 1 aliphatic carbocycles. The fourth-order valence-electron chi connectivity index (χ4n) is 2.67. The van der Waals surface area contributed by atoms with E-state index < -0.39 is 0 Å². The molecule has 1 heterocycles. The fraction of sp³-hybridized carbons (Fsp3) is 0.375. The Bertz CT molecular complexity index is 637. The number of aromatic nitrogens is 2. The third-order valence-corrected chi connectivity index (χ3v) is 4.57. The fourth-order valence-corrected chi connectivity index (χ4v) is 3.44. The largest absolute Gasteiger partial charge is 0.396 e. The van der Waals surface area contributed by atoms with Crippen LogP contribution in [0.25, 0.3) is 0 Å². The molecular formula is C16H18N2O2S. The molecule has 0 saturated heterocycles. The summed E-state index contributed by atoms with van der Waals surface area (Å²) in [5.41, 5.74) is 2.77. The highest BCUT2D eigenvalue weighted by atomic mass is 32.2. The summed E-state index contributed by atoms with van der Waals surface area (Å²) in [6, 6.07) is 9.31. The highest BCUT2D eigenvalue weighted by molar-refractivity contribution is 7.99. The topological polar surface area (TPSA) is 55.1 Å². The van der Waals surface area contributed by atoms with Gasteiger partial charge in [0.05, 0.1) is 12.3 Å². The van der Waals surface area contributed by atoms with Crippen molar-refractivity contribution >= 4 is 17.7 Å². The van der Waals surface area contributed by atoms with Crippen molar-refractivity contribution in [2.24, 2.45) is 0 Å². The number of aliphatic hydroxyl groups is 1. The van der Waals surface area contributed by atoms with Crippen LogP contribution in [-0.4, -0.2) is 32.9 Å². The Hall–Kier alpha value is -1.59. The Labute approximate surface area is 128 Å². The van der Waals surface area contributed by atoms with Crippen LogP contribution in [-0.2, 0) is 12.8 Å². The van der Waals surface area contributed by atoms with Crippen molar-refractivity contribution in [1.29, 1.82) is 0 Å². The van der Waals surface area contributed by atoms with Crippen molar-refractivity contribution < 1.29 is 9.90 Å². The predicted octanol–water partition coefficient (Wildman–Crippen LogP) is 2.53. The van der Waals surface area contributed by atoms with E-state index in [9.17, 15) is 4.79 Å². The molecule has 0 saturated carbocycles. The summed E-state index contributed by atoms with van der Waals surface area (Å²) in [5.74, 6) is 0.532. The number of nitrogens with zero attached hydrogens (tertiary/aromatic N) is 2. The van der Waals surface area contributed by atoms with Gasteiger partial charge in [0, 0.05) is 17.0 Å². The normalized spacial score (nSPS) is 14.0. The SMILES string of the molecule is O=C(c1ccccc1)n1c(SCCO)nc2c1CCCC2. The van der Waals surface area contributed by atoms with Gasteiger partial charge < -0.3 is 5.11 Å². The summed E-state index contributed by atoms with van der Waals surface area (Å²) in [7, 11) is 0. The van der Waals surface area contributed by atoms with Gasteiger partial charge in [0.15, 0.2) is 5.16 Å². The third-order valence-electron chi connectivity index (χ3n) is 3.65. The molecule has 1 N–H and O–H groups in total. The van der Waals surface area contributed by atoms with E-state index in [2.05, 4.69) is 4.98 Å². The minimum atomic E-state index is -0.0216. The summed E-state index contributed by atoms with van der Waals surface area (Å²) in [5, 5.41) is 9.75. The van der Waals surface area contributed by atoms with Gasteiger partial charge in [-0.25, -0.2) is 4.98 Å². The van der Waals surface area contributed by atoms with Gasteiger partial charge in [-0.05, 0) is 37.8 Å². The smallest absolute Gasteiger partial charge is 0.264 e. The Balaban J connectivity index is 2.02. The lowest BCUT2D eigenvalue weighted by Crippen LogP contribution is -2.18. The maximum atomic E-state index is 12.8. The number of thioether (sulfide) groups is 1. The Morgan fingerprint density at radius 3 is 2.76 bits per heavy atom. The quantitative estimate of drug-likeness (QED) is 0.882. The van der Waals surface area contributed by atoms with Crippen LogP contribution in [0.5, 0.6) is 0 Å². The van der Waals surface area contributed by atoms with Crippen LogP contribution in [0.4, 0.5) is 0 Å². The van der Waals surface area contributed by atoms with E-state index in [1.54, 1.807) is 4.57 Å². The van der Waals surface area contributed by atoms with E-state index in [4.69, 9.17) is 5.11 Å². The van der Waals surface area contributed by atoms with Crippen molar-refractivity contribution in [2.45, 2.75) is 30.8 Å². The molecule has 4 nitrogen and oxygen atoms in total. The van der Waals surface area contributed by atoms with Crippen LogP contribution in [0.1, 0.15) is 34.6 Å². The van der Waals surface area contributed by atoms with Gasteiger partial charge in [-0.1, -0.05) is 30.0 Å². The van der Waals surface area contributed by atoms with Gasteiger partial charge in [-0.15, -0.1) is 0 Å². The third kappa shape index (κ3) is 2.89. The van der Waals surface area contributed by atoms with Crippen molar-refractivity contribution in [2.75, 3.05) is 12.4 Å². The van der Waals surface area contributed by atoms with E-state index in [0.29, 0.717) is 16.5 Å². The first kappa shape index (κ1) is 14.4. The monoisotopic (exact) mass is 302 g/mol. The first-order valence-corrected chi connectivity index (χ1v) is 8.23. The molecule has 0 fully saturated rings. The van der Waals surface area contributed by atoms with E-state index in [1.807, 2.05) is 30.3 Å². The Kier molecular flexibility index (Phi) is 4.41. The van der Waals surface area contributed by atoms with Gasteiger partial charge in [-0.3, -0.25) is 9.36 Å². The van der Waals surface area contributed by atoms with Crippen LogP contribution in [0.3, 0.4) is 0 Å². The molecule has 0 spiro atoms. The molecule has 0 amide bonds. The van der Waals surface area contributed by atoms with Gasteiger partial charge in [0.2, 0.25) is 0 Å². The van der Waals surface area contributed by atoms with Crippen molar-refractivity contribution in [3.8, 4) is 0 Å². The lowest BCUT2D eigenvalue weighted by molar-refractivity contribution is 0.0946. The lowest BCUT2D eigenvalue weighted by Gasteiger charge is -2.14. The second kappa shape index (κ2) is 6.45. The van der Waals surface area contributed by atoms with Crippen LogP contribution in [0, 0.1) is 0 Å². The van der Waals surface area contributed by atoms with E-state index in [1.165, 1.54) is 11.8 Å². The molecule has 0 atom stereocenters. The van der Waals surface area contributed by atoms with E-state index in [-0.39, 0.29) is 12.5 Å². The zero-order valence-electron chi connectivity index (χ0n) is 11.8. The molecule has 1 aliphatic rings. The summed E-state index contributed by atoms with van der Waals surface area (Å²) >= 11 is 1.44. The second-order valence-electron chi connectivity index (χ2n) is 5.07. The molecule has 110 valence electrons. The van der Waals surface area contributed by atoms with Crippen LogP contribution in [0.15, 0.2) is 35.5 Å². The average Bonchev–Trinajstić information content (AvgIpc) is 2.91. The van der Waals surface area contributed by atoms with Crippen LogP contribution >= 0.6 is 11.8 Å². The van der Waals surface area contributed by atoms with Crippen molar-refractivity contribution in [1.82, 2.24) is 9.55 Å². The molecule has 2 aromatic rings. The number of aliphatic hydroxyl groups excluding tert-OH is 1. The zero-order valence-corrected chi connectivity index (χ0v) is 12.6. The molecule has 5 heteroatoms. The highest BCUT2D eigenvalue weighted by Gasteiger charge is 2.24. The number of rotatable bonds is 4. The van der Waals surface area contributed by atoms with Crippen molar-refractivity contribution in [3.63, 3.8) is 0 Å². The number of hydrogen-bond donors (Lipinski definition) is 1. The minimum absolute atomic E-state index is 0.0216. The van der Waals surface area contributed by atoms with Gasteiger partial charge in [0.25, 0.3) is 5.91 Å². The number of aryl methyl sites for hydroxylation is 1. The van der Waals surface area contributed by atoms with Gasteiger partial charge in [-0.2, -0.15) is 0 Å². The number of imidazole rings is 1. The van der Waals surface area contributed by atoms with Crippen LogP contribution in [0.2, 0.25) is 0 Å². The van der Waals surface area contributed by atoms with Crippen molar-refractivity contribution in [3.05, 3.63) is 47.3 Å². The first-order valence-electron chi connectivity index (χ1n) is 7.25. The molecule has 21 heavy (non-hydrogen) atoms. The number of carbonyl (C=O) groups excluding carboxylic acids is 1. The molecule has 1 aromatic carbocycles. The standard InChI is InChI=1S/C16H18N2O2S/c19-10-11-21-16-17-13-8-4-5-9-14(13)18(16)15(20)12-6-2-1-3-7-12/h1-3,6-7,19H,4-5,8-11H2. The zero-order chi connectivity index (χ0) is 14.7. The molecule has 1 aromatic heterocycles. The minimum Gasteiger partial charge on any atom is -0.396 e. The van der Waals surface area contributed by atoms with E-state index >= 15 is 0 Å². The number of hydrogen-bond acceptors (Lipinski definition) is 4. The summed E-state index contributed by atoms with van der Waals surface area (Å²) in [6.45, 7) is 0.0850. The molecule has 0 bridgehead atoms. The maximum absolute atomic E-state index is 12.8. The molecule has 0 unspecified atom stereocenters. The number of fused-ring (bicyclic) bond motifs is 1. The second-order valence-corrected chi connectivity index (χ2v) is 6.14.